The van der Waals surface area contributed by atoms with Crippen LogP contribution in [0.3, 0.4) is 0 Å². The summed E-state index contributed by atoms with van der Waals surface area (Å²) in [5.74, 6) is 1.72. The van der Waals surface area contributed by atoms with Gasteiger partial charge in [-0.25, -0.2) is 4.39 Å². The second-order valence-corrected chi connectivity index (χ2v) is 6.71. The minimum Gasteiger partial charge on any atom is -0.489 e. The van der Waals surface area contributed by atoms with Crippen LogP contribution in [0, 0.1) is 11.7 Å². The quantitative estimate of drug-likeness (QED) is 0.359. The number of piperidine rings is 1. The second kappa shape index (κ2) is 12.3. The summed E-state index contributed by atoms with van der Waals surface area (Å²) in [5.41, 5.74) is 0. The molecule has 0 amide bonds. The summed E-state index contributed by atoms with van der Waals surface area (Å²) in [7, 11) is 3.95. The van der Waals surface area contributed by atoms with Gasteiger partial charge in [0.05, 0.1) is 6.54 Å². The number of hydrogen-bond donors (Lipinski definition) is 2. The average molecular weight is 478 g/mol. The van der Waals surface area contributed by atoms with E-state index in [4.69, 9.17) is 4.74 Å². The molecule has 1 aliphatic rings. The second-order valence-electron chi connectivity index (χ2n) is 6.71. The van der Waals surface area contributed by atoms with E-state index in [9.17, 15) is 4.39 Å². The first-order chi connectivity index (χ1) is 12.1. The van der Waals surface area contributed by atoms with E-state index in [1.165, 1.54) is 31.5 Å². The molecule has 2 rings (SSSR count). The molecule has 2 atom stereocenters. The Bertz CT molecular complexity index is 558. The minimum absolute atomic E-state index is 0. The molecule has 26 heavy (non-hydrogen) atoms. The molecular weight excluding hydrogens is 446 g/mol. The number of ether oxygens (including phenoxy) is 1. The van der Waals surface area contributed by atoms with Crippen molar-refractivity contribution in [3.63, 3.8) is 0 Å². The summed E-state index contributed by atoms with van der Waals surface area (Å²) in [6.45, 7) is 5.92. The maximum atomic E-state index is 13.3. The van der Waals surface area contributed by atoms with Crippen LogP contribution in [0.15, 0.2) is 29.3 Å². The van der Waals surface area contributed by atoms with Crippen molar-refractivity contribution >= 4 is 29.9 Å². The van der Waals surface area contributed by atoms with Crippen LogP contribution in [0.4, 0.5) is 4.39 Å². The maximum absolute atomic E-state index is 13.3. The lowest BCUT2D eigenvalue weighted by Gasteiger charge is -2.30. The highest BCUT2D eigenvalue weighted by atomic mass is 127. The third-order valence-corrected chi connectivity index (χ3v) is 4.56. The van der Waals surface area contributed by atoms with Crippen LogP contribution in [-0.2, 0) is 0 Å². The van der Waals surface area contributed by atoms with E-state index in [1.807, 2.05) is 0 Å². The SMILES string of the molecule is CCC(CNC(=NC)NCC1CCCN(C)C1)Oc1cccc(F)c1.I. The molecule has 1 fully saturated rings. The molecule has 0 saturated carbocycles. The molecular formula is C19H32FIN4O. The molecule has 1 aromatic carbocycles. The van der Waals surface area contributed by atoms with Crippen molar-refractivity contribution < 1.29 is 9.13 Å². The Kier molecular flexibility index (Phi) is 10.9. The van der Waals surface area contributed by atoms with Gasteiger partial charge in [-0.2, -0.15) is 0 Å². The first-order valence-corrected chi connectivity index (χ1v) is 9.16. The number of hydrogen-bond acceptors (Lipinski definition) is 3. The van der Waals surface area contributed by atoms with E-state index in [0.717, 1.165) is 25.5 Å². The van der Waals surface area contributed by atoms with Crippen molar-refractivity contribution in [3.05, 3.63) is 30.1 Å². The Morgan fingerprint density at radius 2 is 2.23 bits per heavy atom. The first-order valence-electron chi connectivity index (χ1n) is 9.16. The lowest BCUT2D eigenvalue weighted by atomic mass is 9.99. The van der Waals surface area contributed by atoms with Gasteiger partial charge >= 0.3 is 0 Å². The average Bonchev–Trinajstić information content (AvgIpc) is 2.61. The number of rotatable bonds is 7. The number of nitrogens with zero attached hydrogens (tertiary/aromatic N) is 2. The Hall–Kier alpha value is -1.09. The van der Waals surface area contributed by atoms with Gasteiger partial charge in [-0.1, -0.05) is 13.0 Å². The highest BCUT2D eigenvalue weighted by molar-refractivity contribution is 14.0. The molecule has 7 heteroatoms. The third kappa shape index (κ3) is 8.07. The van der Waals surface area contributed by atoms with Crippen LogP contribution in [0.5, 0.6) is 5.75 Å². The minimum atomic E-state index is -0.282. The number of guanidine groups is 1. The van der Waals surface area contributed by atoms with Crippen LogP contribution in [0.2, 0.25) is 0 Å². The number of likely N-dealkylation sites (tertiary alicyclic amines) is 1. The summed E-state index contributed by atoms with van der Waals surface area (Å²) in [6, 6.07) is 6.26. The Labute approximate surface area is 173 Å². The molecule has 0 aromatic heterocycles. The predicted molar refractivity (Wildman–Crippen MR) is 116 cm³/mol. The van der Waals surface area contributed by atoms with Gasteiger partial charge in [0.15, 0.2) is 5.96 Å². The van der Waals surface area contributed by atoms with Gasteiger partial charge < -0.3 is 20.3 Å². The van der Waals surface area contributed by atoms with Crippen LogP contribution in [-0.4, -0.2) is 57.2 Å². The number of nitrogens with one attached hydrogen (secondary N) is 2. The first kappa shape index (κ1) is 23.0. The van der Waals surface area contributed by atoms with Crippen LogP contribution < -0.4 is 15.4 Å². The molecule has 0 bridgehead atoms. The van der Waals surface area contributed by atoms with Crippen LogP contribution in [0.1, 0.15) is 26.2 Å². The zero-order chi connectivity index (χ0) is 18.1. The predicted octanol–water partition coefficient (Wildman–Crippen LogP) is 3.11. The Balaban J connectivity index is 0.00000338. The number of benzene rings is 1. The summed E-state index contributed by atoms with van der Waals surface area (Å²) < 4.78 is 19.1. The Morgan fingerprint density at radius 3 is 2.88 bits per heavy atom. The van der Waals surface area contributed by atoms with Crippen LogP contribution in [0.25, 0.3) is 0 Å². The van der Waals surface area contributed by atoms with Crippen molar-refractivity contribution in [1.82, 2.24) is 15.5 Å². The molecule has 0 radical (unpaired) electrons. The molecule has 1 saturated heterocycles. The van der Waals surface area contributed by atoms with E-state index in [2.05, 4.69) is 34.5 Å². The fourth-order valence-corrected chi connectivity index (χ4v) is 3.11. The van der Waals surface area contributed by atoms with Gasteiger partial charge in [0.2, 0.25) is 0 Å². The fourth-order valence-electron chi connectivity index (χ4n) is 3.11. The normalized spacial score (nSPS) is 19.4. The molecule has 5 nitrogen and oxygen atoms in total. The summed E-state index contributed by atoms with van der Waals surface area (Å²) in [5, 5.41) is 6.72. The van der Waals surface area contributed by atoms with Gasteiger partial charge in [0.25, 0.3) is 0 Å². The lowest BCUT2D eigenvalue weighted by molar-refractivity contribution is 0.198. The number of aliphatic imine (C=N–C) groups is 1. The molecule has 0 spiro atoms. The standard InChI is InChI=1S/C19H31FN4O.HI/c1-4-17(25-18-9-5-8-16(20)11-18)13-23-19(21-2)22-12-15-7-6-10-24(3)14-15;/h5,8-9,11,15,17H,4,6-7,10,12-14H2,1-3H3,(H2,21,22,23);1H. The topological polar surface area (TPSA) is 48.9 Å². The van der Waals surface area contributed by atoms with Gasteiger partial charge in [-0.15, -0.1) is 24.0 Å². The van der Waals surface area contributed by atoms with Crippen molar-refractivity contribution in [2.45, 2.75) is 32.3 Å². The summed E-state index contributed by atoms with van der Waals surface area (Å²) >= 11 is 0. The highest BCUT2D eigenvalue weighted by Gasteiger charge is 2.17. The molecule has 2 unspecified atom stereocenters. The molecule has 148 valence electrons. The molecule has 1 heterocycles. The van der Waals surface area contributed by atoms with Crippen molar-refractivity contribution in [3.8, 4) is 5.75 Å². The maximum Gasteiger partial charge on any atom is 0.191 e. The molecule has 1 aromatic rings. The van der Waals surface area contributed by atoms with E-state index in [-0.39, 0.29) is 35.9 Å². The van der Waals surface area contributed by atoms with E-state index < -0.39 is 0 Å². The highest BCUT2D eigenvalue weighted by Crippen LogP contribution is 2.15. The summed E-state index contributed by atoms with van der Waals surface area (Å²) in [4.78, 5) is 6.67. The molecule has 2 N–H and O–H groups in total. The molecule has 1 aliphatic heterocycles. The van der Waals surface area contributed by atoms with Gasteiger partial charge in [-0.05, 0) is 50.9 Å². The monoisotopic (exact) mass is 478 g/mol. The van der Waals surface area contributed by atoms with Gasteiger partial charge in [0, 0.05) is 26.2 Å². The van der Waals surface area contributed by atoms with Gasteiger partial charge in [0.1, 0.15) is 17.7 Å². The van der Waals surface area contributed by atoms with E-state index >= 15 is 0 Å². The van der Waals surface area contributed by atoms with E-state index in [1.54, 1.807) is 19.2 Å². The zero-order valence-corrected chi connectivity index (χ0v) is 18.3. The summed E-state index contributed by atoms with van der Waals surface area (Å²) in [6.07, 6.45) is 3.30. The van der Waals surface area contributed by atoms with Crippen molar-refractivity contribution in [2.24, 2.45) is 10.9 Å². The zero-order valence-electron chi connectivity index (χ0n) is 16.0. The fraction of sp³-hybridized carbons (Fsp3) is 0.632. The smallest absolute Gasteiger partial charge is 0.191 e. The van der Waals surface area contributed by atoms with Crippen molar-refractivity contribution in [1.29, 1.82) is 0 Å². The largest absolute Gasteiger partial charge is 0.489 e. The van der Waals surface area contributed by atoms with Crippen molar-refractivity contribution in [2.75, 3.05) is 40.3 Å². The van der Waals surface area contributed by atoms with Crippen LogP contribution >= 0.6 is 24.0 Å². The molecule has 0 aliphatic carbocycles. The van der Waals surface area contributed by atoms with Gasteiger partial charge in [-0.3, -0.25) is 4.99 Å². The number of halogens is 2. The lowest BCUT2D eigenvalue weighted by Crippen LogP contribution is -2.46. The Morgan fingerprint density at radius 1 is 1.42 bits per heavy atom. The van der Waals surface area contributed by atoms with E-state index in [0.29, 0.717) is 18.2 Å². The third-order valence-electron chi connectivity index (χ3n) is 4.56.